The number of hydrogen-bond donors (Lipinski definition) is 2. The molecule has 1 aromatic rings. The largest absolute Gasteiger partial charge is 0.453 e. The summed E-state index contributed by atoms with van der Waals surface area (Å²) in [5.74, 6) is -2.45. The van der Waals surface area contributed by atoms with Crippen LogP contribution >= 0.6 is 0 Å². The van der Waals surface area contributed by atoms with Crippen LogP contribution in [-0.4, -0.2) is 29.8 Å². The number of primary amides is 1. The van der Waals surface area contributed by atoms with Crippen molar-refractivity contribution in [1.82, 2.24) is 5.32 Å². The Balaban J connectivity index is 2.42. The second-order valence-electron chi connectivity index (χ2n) is 4.42. The Kier molecular flexibility index (Phi) is 6.18. The number of halogens is 1. The number of Topliss-reactive ketones (excluding diaryl/α,β-unsaturated/α-hetero) is 1. The first-order chi connectivity index (χ1) is 10.3. The SMILES string of the molecule is CC(OC(=O)CCC(=O)c1ccc(F)cc1)C(=O)NC(N)=O. The molecule has 1 rings (SSSR count). The van der Waals surface area contributed by atoms with E-state index in [0.717, 1.165) is 12.1 Å². The lowest BCUT2D eigenvalue weighted by atomic mass is 10.1. The van der Waals surface area contributed by atoms with Crippen molar-refractivity contribution in [1.29, 1.82) is 0 Å². The van der Waals surface area contributed by atoms with Crippen molar-refractivity contribution < 1.29 is 28.3 Å². The van der Waals surface area contributed by atoms with Gasteiger partial charge in [0.1, 0.15) is 5.82 Å². The number of urea groups is 1. The third kappa shape index (κ3) is 5.70. The van der Waals surface area contributed by atoms with Gasteiger partial charge in [0.15, 0.2) is 11.9 Å². The molecule has 0 fully saturated rings. The molecule has 0 aliphatic heterocycles. The lowest BCUT2D eigenvalue weighted by Gasteiger charge is -2.11. The third-order valence-corrected chi connectivity index (χ3v) is 2.65. The van der Waals surface area contributed by atoms with E-state index in [9.17, 15) is 23.6 Å². The second kappa shape index (κ2) is 7.87. The fourth-order valence-electron chi connectivity index (χ4n) is 1.53. The lowest BCUT2D eigenvalue weighted by Crippen LogP contribution is -2.42. The molecular weight excluding hydrogens is 295 g/mol. The summed E-state index contributed by atoms with van der Waals surface area (Å²) in [6.45, 7) is 1.26. The highest BCUT2D eigenvalue weighted by Crippen LogP contribution is 2.08. The first-order valence-electron chi connectivity index (χ1n) is 6.38. The van der Waals surface area contributed by atoms with E-state index >= 15 is 0 Å². The minimum atomic E-state index is -1.21. The molecule has 3 amide bonds. The Hall–Kier alpha value is -2.77. The van der Waals surface area contributed by atoms with Gasteiger partial charge in [-0.2, -0.15) is 0 Å². The number of esters is 1. The zero-order valence-corrected chi connectivity index (χ0v) is 11.8. The van der Waals surface area contributed by atoms with E-state index in [1.54, 1.807) is 5.32 Å². The van der Waals surface area contributed by atoms with Crippen LogP contribution in [0.2, 0.25) is 0 Å². The smallest absolute Gasteiger partial charge is 0.318 e. The van der Waals surface area contributed by atoms with Crippen molar-refractivity contribution in [3.63, 3.8) is 0 Å². The number of carbonyl (C=O) groups excluding carboxylic acids is 4. The molecule has 1 aromatic carbocycles. The summed E-state index contributed by atoms with van der Waals surface area (Å²) in [6, 6.07) is 3.85. The Morgan fingerprint density at radius 2 is 1.77 bits per heavy atom. The monoisotopic (exact) mass is 310 g/mol. The fraction of sp³-hybridized carbons (Fsp3) is 0.286. The van der Waals surface area contributed by atoms with Crippen LogP contribution in [0.15, 0.2) is 24.3 Å². The van der Waals surface area contributed by atoms with Crippen molar-refractivity contribution in [2.45, 2.75) is 25.9 Å². The number of carbonyl (C=O) groups is 4. The quantitative estimate of drug-likeness (QED) is 0.598. The topological polar surface area (TPSA) is 116 Å². The minimum absolute atomic E-state index is 0.144. The standard InChI is InChI=1S/C14H15FN2O5/c1-8(13(20)17-14(16)21)22-12(19)7-6-11(18)9-2-4-10(15)5-3-9/h2-5,8H,6-7H2,1H3,(H3,16,17,20,21). The van der Waals surface area contributed by atoms with Gasteiger partial charge in [0.05, 0.1) is 6.42 Å². The number of ketones is 1. The number of imide groups is 1. The van der Waals surface area contributed by atoms with Crippen molar-refractivity contribution in [3.05, 3.63) is 35.6 Å². The van der Waals surface area contributed by atoms with Crippen LogP contribution in [-0.2, 0) is 14.3 Å². The molecule has 0 radical (unpaired) electrons. The Morgan fingerprint density at radius 1 is 1.18 bits per heavy atom. The number of ether oxygens (including phenoxy) is 1. The molecule has 0 bridgehead atoms. The van der Waals surface area contributed by atoms with Crippen molar-refractivity contribution in [2.75, 3.05) is 0 Å². The Bertz CT molecular complexity index is 585. The lowest BCUT2D eigenvalue weighted by molar-refractivity contribution is -0.154. The van der Waals surface area contributed by atoms with E-state index in [-0.39, 0.29) is 24.2 Å². The average Bonchev–Trinajstić information content (AvgIpc) is 2.44. The van der Waals surface area contributed by atoms with Crippen LogP contribution < -0.4 is 11.1 Å². The summed E-state index contributed by atoms with van der Waals surface area (Å²) >= 11 is 0. The summed E-state index contributed by atoms with van der Waals surface area (Å²) < 4.78 is 17.5. The predicted octanol–water partition coefficient (Wildman–Crippen LogP) is 0.915. The summed E-state index contributed by atoms with van der Waals surface area (Å²) in [5, 5.41) is 1.76. The van der Waals surface area contributed by atoms with Gasteiger partial charge in [-0.3, -0.25) is 19.7 Å². The van der Waals surface area contributed by atoms with E-state index in [1.165, 1.54) is 19.1 Å². The number of benzene rings is 1. The van der Waals surface area contributed by atoms with E-state index in [4.69, 9.17) is 10.5 Å². The van der Waals surface area contributed by atoms with Crippen molar-refractivity contribution in [3.8, 4) is 0 Å². The van der Waals surface area contributed by atoms with Gasteiger partial charge >= 0.3 is 12.0 Å². The molecule has 0 aliphatic rings. The third-order valence-electron chi connectivity index (χ3n) is 2.65. The zero-order valence-electron chi connectivity index (χ0n) is 11.8. The van der Waals surface area contributed by atoms with Crippen molar-refractivity contribution in [2.24, 2.45) is 5.73 Å². The molecule has 0 saturated heterocycles. The number of rotatable bonds is 6. The highest BCUT2D eigenvalue weighted by atomic mass is 19.1. The Labute approximate surface area is 125 Å². The highest BCUT2D eigenvalue weighted by Gasteiger charge is 2.19. The number of hydrogen-bond acceptors (Lipinski definition) is 5. The number of nitrogens with one attached hydrogen (secondary N) is 1. The van der Waals surface area contributed by atoms with Gasteiger partial charge in [-0.05, 0) is 31.2 Å². The maximum atomic E-state index is 12.7. The molecule has 0 heterocycles. The molecule has 0 aliphatic carbocycles. The number of amides is 3. The van der Waals surface area contributed by atoms with Crippen LogP contribution in [0.1, 0.15) is 30.1 Å². The van der Waals surface area contributed by atoms with Crippen LogP contribution in [0.3, 0.4) is 0 Å². The fourth-order valence-corrected chi connectivity index (χ4v) is 1.53. The molecule has 0 saturated carbocycles. The molecule has 1 atom stereocenters. The van der Waals surface area contributed by atoms with E-state index in [0.29, 0.717) is 0 Å². The van der Waals surface area contributed by atoms with Gasteiger partial charge < -0.3 is 10.5 Å². The number of nitrogens with two attached hydrogens (primary N) is 1. The molecule has 3 N–H and O–H groups in total. The Morgan fingerprint density at radius 3 is 2.32 bits per heavy atom. The van der Waals surface area contributed by atoms with Gasteiger partial charge in [-0.25, -0.2) is 9.18 Å². The van der Waals surface area contributed by atoms with Crippen molar-refractivity contribution >= 4 is 23.7 Å². The van der Waals surface area contributed by atoms with E-state index in [2.05, 4.69) is 0 Å². The molecule has 0 spiro atoms. The van der Waals surface area contributed by atoms with Crippen LogP contribution in [0.4, 0.5) is 9.18 Å². The summed E-state index contributed by atoms with van der Waals surface area (Å²) in [4.78, 5) is 45.0. The van der Waals surface area contributed by atoms with Gasteiger partial charge in [0.2, 0.25) is 0 Å². The molecule has 22 heavy (non-hydrogen) atoms. The second-order valence-corrected chi connectivity index (χ2v) is 4.42. The first kappa shape index (κ1) is 17.3. The average molecular weight is 310 g/mol. The molecule has 1 unspecified atom stereocenters. The normalized spacial score (nSPS) is 11.4. The molecule has 7 nitrogen and oxygen atoms in total. The first-order valence-corrected chi connectivity index (χ1v) is 6.38. The summed E-state index contributed by atoms with van der Waals surface area (Å²) in [7, 11) is 0. The maximum Gasteiger partial charge on any atom is 0.318 e. The maximum absolute atomic E-state index is 12.7. The molecule has 118 valence electrons. The minimum Gasteiger partial charge on any atom is -0.453 e. The van der Waals surface area contributed by atoms with Gasteiger partial charge in [0, 0.05) is 12.0 Å². The van der Waals surface area contributed by atoms with E-state index in [1.807, 2.05) is 0 Å². The molecule has 8 heteroatoms. The van der Waals surface area contributed by atoms with Crippen LogP contribution in [0, 0.1) is 5.82 Å². The van der Waals surface area contributed by atoms with Gasteiger partial charge in [0.25, 0.3) is 5.91 Å². The van der Waals surface area contributed by atoms with Crippen LogP contribution in [0.25, 0.3) is 0 Å². The zero-order chi connectivity index (χ0) is 16.7. The summed E-state index contributed by atoms with van der Waals surface area (Å²) in [5.41, 5.74) is 5.02. The van der Waals surface area contributed by atoms with Crippen LogP contribution in [0.5, 0.6) is 0 Å². The van der Waals surface area contributed by atoms with Gasteiger partial charge in [-0.1, -0.05) is 0 Å². The molecular formula is C14H15FN2O5. The summed E-state index contributed by atoms with van der Waals surface area (Å²) in [6.07, 6.45) is -1.60. The van der Waals surface area contributed by atoms with Gasteiger partial charge in [-0.15, -0.1) is 0 Å². The highest BCUT2D eigenvalue weighted by molar-refractivity contribution is 5.98. The van der Waals surface area contributed by atoms with E-state index < -0.39 is 29.8 Å². The molecule has 0 aromatic heterocycles. The predicted molar refractivity (Wildman–Crippen MR) is 73.2 cm³/mol.